The predicted octanol–water partition coefficient (Wildman–Crippen LogP) is 0.586. The van der Waals surface area contributed by atoms with E-state index in [9.17, 15) is 4.79 Å². The summed E-state index contributed by atoms with van der Waals surface area (Å²) in [5, 5.41) is 11.7. The minimum absolute atomic E-state index is 0.253. The van der Waals surface area contributed by atoms with Gasteiger partial charge in [-0.1, -0.05) is 30.3 Å². The van der Waals surface area contributed by atoms with E-state index >= 15 is 0 Å². The molecular formula is C11H13NO3. The van der Waals surface area contributed by atoms with Crippen molar-refractivity contribution in [2.45, 2.75) is 5.60 Å². The van der Waals surface area contributed by atoms with Crippen LogP contribution in [0.4, 0.5) is 0 Å². The molecule has 2 rings (SSSR count). The summed E-state index contributed by atoms with van der Waals surface area (Å²) < 4.78 is 5.45. The lowest BCUT2D eigenvalue weighted by molar-refractivity contribution is -0.155. The Morgan fingerprint density at radius 1 is 1.40 bits per heavy atom. The molecule has 1 saturated heterocycles. The summed E-state index contributed by atoms with van der Waals surface area (Å²) in [5.41, 5.74) is 0.588. The normalized spacial score (nSPS) is 18.1. The zero-order valence-electron chi connectivity index (χ0n) is 8.27. The summed E-state index contributed by atoms with van der Waals surface area (Å²) in [4.78, 5) is 10.5. The molecule has 0 unspecified atom stereocenters. The molecule has 1 aliphatic rings. The first-order valence-electron chi connectivity index (χ1n) is 4.85. The second kappa shape index (κ2) is 4.00. The van der Waals surface area contributed by atoms with Gasteiger partial charge in [-0.25, -0.2) is 4.79 Å². The van der Waals surface area contributed by atoms with Crippen molar-refractivity contribution in [3.05, 3.63) is 35.9 Å². The average molecular weight is 207 g/mol. The molecule has 0 aliphatic carbocycles. The molecular weight excluding hydrogens is 194 g/mol. The van der Waals surface area contributed by atoms with Crippen LogP contribution in [0.5, 0.6) is 0 Å². The molecule has 1 aromatic carbocycles. The fourth-order valence-corrected chi connectivity index (χ4v) is 1.68. The van der Waals surface area contributed by atoms with Gasteiger partial charge in [-0.3, -0.25) is 0 Å². The number of hydrogen-bond donors (Lipinski definition) is 2. The summed E-state index contributed by atoms with van der Waals surface area (Å²) in [6, 6.07) is 9.71. The van der Waals surface area contributed by atoms with E-state index in [1.165, 1.54) is 0 Å². The highest BCUT2D eigenvalue weighted by atomic mass is 16.5. The Balaban J connectivity index is 2.12. The van der Waals surface area contributed by atoms with Crippen LogP contribution in [0, 0.1) is 0 Å². The molecule has 0 bridgehead atoms. The molecule has 1 fully saturated rings. The number of benzene rings is 1. The lowest BCUT2D eigenvalue weighted by Crippen LogP contribution is -2.58. The zero-order chi connectivity index (χ0) is 10.7. The molecule has 15 heavy (non-hydrogen) atoms. The Labute approximate surface area is 87.9 Å². The van der Waals surface area contributed by atoms with E-state index in [2.05, 4.69) is 5.32 Å². The Morgan fingerprint density at radius 2 is 2.07 bits per heavy atom. The van der Waals surface area contributed by atoms with E-state index in [1.807, 2.05) is 30.3 Å². The molecule has 0 saturated carbocycles. The largest absolute Gasteiger partial charge is 0.480 e. The first kappa shape index (κ1) is 10.1. The van der Waals surface area contributed by atoms with Crippen LogP contribution in [0.15, 0.2) is 30.3 Å². The van der Waals surface area contributed by atoms with Crippen LogP contribution >= 0.6 is 0 Å². The second-order valence-electron chi connectivity index (χ2n) is 3.65. The van der Waals surface area contributed by atoms with Gasteiger partial charge in [0.2, 0.25) is 0 Å². The maximum atomic E-state index is 10.5. The van der Waals surface area contributed by atoms with E-state index in [4.69, 9.17) is 9.84 Å². The molecule has 0 aromatic heterocycles. The Morgan fingerprint density at radius 3 is 2.53 bits per heavy atom. The Bertz CT molecular complexity index is 346. The summed E-state index contributed by atoms with van der Waals surface area (Å²) in [5.74, 6) is -0.933. The number of aliphatic carboxylic acids is 1. The summed E-state index contributed by atoms with van der Waals surface area (Å²) in [7, 11) is 0. The van der Waals surface area contributed by atoms with Gasteiger partial charge in [0.05, 0.1) is 0 Å². The van der Waals surface area contributed by atoms with Crippen molar-refractivity contribution in [2.75, 3.05) is 19.7 Å². The number of carboxylic acids is 1. The lowest BCUT2D eigenvalue weighted by atomic mass is 9.88. The van der Waals surface area contributed by atoms with Gasteiger partial charge >= 0.3 is 5.97 Å². The predicted molar refractivity (Wildman–Crippen MR) is 54.6 cm³/mol. The first-order valence-corrected chi connectivity index (χ1v) is 4.85. The van der Waals surface area contributed by atoms with E-state index in [0.29, 0.717) is 13.1 Å². The molecule has 1 aliphatic heterocycles. The van der Waals surface area contributed by atoms with Crippen LogP contribution in [0.3, 0.4) is 0 Å². The molecule has 0 atom stereocenters. The highest BCUT2D eigenvalue weighted by Gasteiger charge is 2.40. The average Bonchev–Trinajstić information content (AvgIpc) is 2.17. The first-order chi connectivity index (χ1) is 7.23. The van der Waals surface area contributed by atoms with Crippen LogP contribution in [0.2, 0.25) is 0 Å². The van der Waals surface area contributed by atoms with Crippen molar-refractivity contribution < 1.29 is 14.6 Å². The maximum absolute atomic E-state index is 10.5. The number of rotatable bonds is 4. The molecule has 4 nitrogen and oxygen atoms in total. The molecule has 2 N–H and O–H groups in total. The van der Waals surface area contributed by atoms with Crippen molar-refractivity contribution in [1.29, 1.82) is 0 Å². The fraction of sp³-hybridized carbons (Fsp3) is 0.364. The standard InChI is InChI=1S/C11H13NO3/c13-10(14)6-15-11(7-12-8-11)9-4-2-1-3-5-9/h1-5,12H,6-8H2,(H,13,14). The van der Waals surface area contributed by atoms with E-state index in [-0.39, 0.29) is 6.61 Å². The smallest absolute Gasteiger partial charge is 0.329 e. The van der Waals surface area contributed by atoms with Gasteiger partial charge in [0, 0.05) is 13.1 Å². The third kappa shape index (κ3) is 2.00. The van der Waals surface area contributed by atoms with E-state index in [1.54, 1.807) is 0 Å². The highest BCUT2D eigenvalue weighted by molar-refractivity contribution is 5.68. The molecule has 4 heteroatoms. The van der Waals surface area contributed by atoms with Gasteiger partial charge in [-0.05, 0) is 5.56 Å². The molecule has 0 spiro atoms. The molecule has 0 radical (unpaired) electrons. The van der Waals surface area contributed by atoms with Crippen LogP contribution in [-0.4, -0.2) is 30.8 Å². The Hall–Kier alpha value is -1.39. The fourth-order valence-electron chi connectivity index (χ4n) is 1.68. The summed E-state index contributed by atoms with van der Waals surface area (Å²) in [6.07, 6.45) is 0. The highest BCUT2D eigenvalue weighted by Crippen LogP contribution is 2.29. The number of carboxylic acid groups (broad SMARTS) is 1. The summed E-state index contributed by atoms with van der Waals surface area (Å²) in [6.45, 7) is 1.09. The number of nitrogens with one attached hydrogen (secondary N) is 1. The van der Waals surface area contributed by atoms with E-state index < -0.39 is 11.6 Å². The van der Waals surface area contributed by atoms with Gasteiger partial charge < -0.3 is 15.2 Å². The van der Waals surface area contributed by atoms with Gasteiger partial charge in [0.1, 0.15) is 12.2 Å². The van der Waals surface area contributed by atoms with Gasteiger partial charge in [0.15, 0.2) is 0 Å². The third-order valence-electron chi connectivity index (χ3n) is 2.59. The minimum Gasteiger partial charge on any atom is -0.480 e. The number of carbonyl (C=O) groups is 1. The van der Waals surface area contributed by atoms with Crippen molar-refractivity contribution in [3.63, 3.8) is 0 Å². The molecule has 1 heterocycles. The second-order valence-corrected chi connectivity index (χ2v) is 3.65. The maximum Gasteiger partial charge on any atom is 0.329 e. The van der Waals surface area contributed by atoms with Gasteiger partial charge in [-0.15, -0.1) is 0 Å². The van der Waals surface area contributed by atoms with Crippen LogP contribution < -0.4 is 5.32 Å². The number of hydrogen-bond acceptors (Lipinski definition) is 3. The Kier molecular flexibility index (Phi) is 2.70. The summed E-state index contributed by atoms with van der Waals surface area (Å²) >= 11 is 0. The lowest BCUT2D eigenvalue weighted by Gasteiger charge is -2.42. The molecule has 80 valence electrons. The van der Waals surface area contributed by atoms with Crippen LogP contribution in [0.1, 0.15) is 5.56 Å². The van der Waals surface area contributed by atoms with Crippen molar-refractivity contribution in [1.82, 2.24) is 5.32 Å². The molecule has 0 amide bonds. The van der Waals surface area contributed by atoms with Gasteiger partial charge in [-0.2, -0.15) is 0 Å². The topological polar surface area (TPSA) is 58.6 Å². The number of ether oxygens (including phenoxy) is 1. The van der Waals surface area contributed by atoms with E-state index in [0.717, 1.165) is 5.56 Å². The minimum atomic E-state index is -0.933. The molecule has 1 aromatic rings. The van der Waals surface area contributed by atoms with Crippen molar-refractivity contribution in [3.8, 4) is 0 Å². The van der Waals surface area contributed by atoms with Crippen molar-refractivity contribution in [2.24, 2.45) is 0 Å². The third-order valence-corrected chi connectivity index (χ3v) is 2.59. The van der Waals surface area contributed by atoms with Crippen LogP contribution in [-0.2, 0) is 15.1 Å². The van der Waals surface area contributed by atoms with Gasteiger partial charge in [0.25, 0.3) is 0 Å². The van der Waals surface area contributed by atoms with Crippen LogP contribution in [0.25, 0.3) is 0 Å². The monoisotopic (exact) mass is 207 g/mol. The van der Waals surface area contributed by atoms with Crippen molar-refractivity contribution >= 4 is 5.97 Å². The zero-order valence-corrected chi connectivity index (χ0v) is 8.27. The SMILES string of the molecule is O=C(O)COC1(c2ccccc2)CNC1. The quantitative estimate of drug-likeness (QED) is 0.758.